The Morgan fingerprint density at radius 3 is 2.67 bits per heavy atom. The lowest BCUT2D eigenvalue weighted by Gasteiger charge is -2.17. The predicted octanol–water partition coefficient (Wildman–Crippen LogP) is 3.41. The van der Waals surface area contributed by atoms with E-state index in [2.05, 4.69) is 10.6 Å². The third-order valence-corrected chi connectivity index (χ3v) is 3.93. The Labute approximate surface area is 143 Å². The van der Waals surface area contributed by atoms with Crippen LogP contribution in [0.4, 0.5) is 20.6 Å². The molecule has 0 saturated carbocycles. The maximum absolute atomic E-state index is 13.1. The standard InChI is InChI=1S/C17H15ClFN3O2/c18-11-4-6-15(7-5-11)22-10-14(9-16(22)23)21-17(24)20-13-3-1-2-12(19)8-13/h1-8,14H,9-10H2,(H2,20,21,24)/t14-/m1/s1. The lowest BCUT2D eigenvalue weighted by atomic mass is 10.2. The van der Waals surface area contributed by atoms with Crippen molar-refractivity contribution < 1.29 is 14.0 Å². The Morgan fingerprint density at radius 2 is 1.96 bits per heavy atom. The van der Waals surface area contributed by atoms with Gasteiger partial charge in [-0.2, -0.15) is 0 Å². The van der Waals surface area contributed by atoms with Crippen LogP contribution in [0.2, 0.25) is 5.02 Å². The molecule has 0 aliphatic carbocycles. The van der Waals surface area contributed by atoms with Crippen LogP contribution in [0.3, 0.4) is 0 Å². The van der Waals surface area contributed by atoms with Gasteiger partial charge in [0, 0.05) is 29.4 Å². The van der Waals surface area contributed by atoms with Gasteiger partial charge in [-0.05, 0) is 42.5 Å². The lowest BCUT2D eigenvalue weighted by Crippen LogP contribution is -2.39. The van der Waals surface area contributed by atoms with Crippen LogP contribution < -0.4 is 15.5 Å². The number of hydrogen-bond donors (Lipinski definition) is 2. The topological polar surface area (TPSA) is 61.4 Å². The van der Waals surface area contributed by atoms with Gasteiger partial charge in [0.25, 0.3) is 0 Å². The van der Waals surface area contributed by atoms with Gasteiger partial charge in [-0.15, -0.1) is 0 Å². The van der Waals surface area contributed by atoms with Crippen LogP contribution >= 0.6 is 11.6 Å². The second-order valence-electron chi connectivity index (χ2n) is 5.49. The first-order valence-electron chi connectivity index (χ1n) is 7.40. The number of halogens is 2. The molecule has 1 fully saturated rings. The molecule has 0 spiro atoms. The first kappa shape index (κ1) is 16.3. The molecular formula is C17H15ClFN3O2. The second kappa shape index (κ2) is 6.88. The third-order valence-electron chi connectivity index (χ3n) is 3.68. The molecule has 1 aliphatic heterocycles. The van der Waals surface area contributed by atoms with Crippen LogP contribution in [-0.2, 0) is 4.79 Å². The molecule has 2 N–H and O–H groups in total. The van der Waals surface area contributed by atoms with Crippen LogP contribution in [0.5, 0.6) is 0 Å². The molecule has 5 nitrogen and oxygen atoms in total. The van der Waals surface area contributed by atoms with E-state index in [1.165, 1.54) is 18.2 Å². The van der Waals surface area contributed by atoms with Crippen molar-refractivity contribution in [1.82, 2.24) is 5.32 Å². The van der Waals surface area contributed by atoms with Crippen LogP contribution in [0.15, 0.2) is 48.5 Å². The SMILES string of the molecule is O=C(Nc1cccc(F)c1)N[C@@H]1CC(=O)N(c2ccc(Cl)cc2)C1. The predicted molar refractivity (Wildman–Crippen MR) is 90.8 cm³/mol. The number of urea groups is 1. The number of anilines is 2. The van der Waals surface area contributed by atoms with Crippen LogP contribution in [0.1, 0.15) is 6.42 Å². The van der Waals surface area contributed by atoms with Gasteiger partial charge in [0.2, 0.25) is 5.91 Å². The molecule has 0 radical (unpaired) electrons. The minimum atomic E-state index is -0.476. The molecule has 1 atom stereocenters. The van der Waals surface area contributed by atoms with E-state index in [0.29, 0.717) is 17.3 Å². The van der Waals surface area contributed by atoms with Crippen molar-refractivity contribution in [3.8, 4) is 0 Å². The highest BCUT2D eigenvalue weighted by Crippen LogP contribution is 2.23. The molecule has 1 aliphatic rings. The Morgan fingerprint density at radius 1 is 1.21 bits per heavy atom. The van der Waals surface area contributed by atoms with Gasteiger partial charge in [0.05, 0.1) is 6.04 Å². The summed E-state index contributed by atoms with van der Waals surface area (Å²) in [6.07, 6.45) is 0.208. The van der Waals surface area contributed by atoms with Crippen molar-refractivity contribution in [2.45, 2.75) is 12.5 Å². The number of nitrogens with one attached hydrogen (secondary N) is 2. The number of nitrogens with zero attached hydrogens (tertiary/aromatic N) is 1. The number of benzene rings is 2. The highest BCUT2D eigenvalue weighted by molar-refractivity contribution is 6.30. The number of carbonyl (C=O) groups excluding carboxylic acids is 2. The van der Waals surface area contributed by atoms with Gasteiger partial charge in [-0.1, -0.05) is 17.7 Å². The van der Waals surface area contributed by atoms with E-state index in [1.807, 2.05) is 0 Å². The molecule has 124 valence electrons. The Bertz CT molecular complexity index is 767. The van der Waals surface area contributed by atoms with Crippen LogP contribution in [0.25, 0.3) is 0 Å². The van der Waals surface area contributed by atoms with Crippen molar-refractivity contribution in [2.75, 3.05) is 16.8 Å². The van der Waals surface area contributed by atoms with Crippen LogP contribution in [0, 0.1) is 5.82 Å². The average Bonchev–Trinajstić information content (AvgIpc) is 2.88. The summed E-state index contributed by atoms with van der Waals surface area (Å²) < 4.78 is 13.1. The van der Waals surface area contributed by atoms with E-state index in [4.69, 9.17) is 11.6 Å². The van der Waals surface area contributed by atoms with Crippen molar-refractivity contribution in [3.05, 3.63) is 59.4 Å². The summed E-state index contributed by atoms with van der Waals surface area (Å²) in [4.78, 5) is 25.7. The zero-order valence-corrected chi connectivity index (χ0v) is 13.4. The van der Waals surface area contributed by atoms with Crippen LogP contribution in [-0.4, -0.2) is 24.5 Å². The molecule has 0 aromatic heterocycles. The molecule has 0 bridgehead atoms. The quantitative estimate of drug-likeness (QED) is 0.893. The van der Waals surface area contributed by atoms with E-state index >= 15 is 0 Å². The van der Waals surface area contributed by atoms with Gasteiger partial charge in [0.1, 0.15) is 5.82 Å². The highest BCUT2D eigenvalue weighted by Gasteiger charge is 2.31. The van der Waals surface area contributed by atoms with Gasteiger partial charge in [0.15, 0.2) is 0 Å². The summed E-state index contributed by atoms with van der Waals surface area (Å²) in [6, 6.07) is 11.8. The van der Waals surface area contributed by atoms with Crippen molar-refractivity contribution in [2.24, 2.45) is 0 Å². The molecule has 3 rings (SSSR count). The molecule has 24 heavy (non-hydrogen) atoms. The summed E-state index contributed by atoms with van der Waals surface area (Å²) in [6.45, 7) is 0.372. The first-order valence-corrected chi connectivity index (χ1v) is 7.78. The zero-order valence-electron chi connectivity index (χ0n) is 12.6. The van der Waals surface area contributed by atoms with E-state index in [-0.39, 0.29) is 18.4 Å². The smallest absolute Gasteiger partial charge is 0.319 e. The summed E-state index contributed by atoms with van der Waals surface area (Å²) in [5, 5.41) is 5.87. The Hall–Kier alpha value is -2.60. The van der Waals surface area contributed by atoms with E-state index < -0.39 is 11.8 Å². The van der Waals surface area contributed by atoms with Gasteiger partial charge >= 0.3 is 6.03 Å². The van der Waals surface area contributed by atoms with Crippen molar-refractivity contribution in [3.63, 3.8) is 0 Å². The minimum Gasteiger partial charge on any atom is -0.333 e. The maximum atomic E-state index is 13.1. The van der Waals surface area contributed by atoms with E-state index in [9.17, 15) is 14.0 Å². The van der Waals surface area contributed by atoms with E-state index in [0.717, 1.165) is 5.69 Å². The van der Waals surface area contributed by atoms with Crippen molar-refractivity contribution in [1.29, 1.82) is 0 Å². The molecular weight excluding hydrogens is 333 g/mol. The maximum Gasteiger partial charge on any atom is 0.319 e. The number of amides is 3. The highest BCUT2D eigenvalue weighted by atomic mass is 35.5. The molecule has 7 heteroatoms. The summed E-state index contributed by atoms with van der Waals surface area (Å²) in [5.74, 6) is -0.508. The summed E-state index contributed by atoms with van der Waals surface area (Å²) in [5.41, 5.74) is 1.09. The fourth-order valence-electron chi connectivity index (χ4n) is 2.59. The fraction of sp³-hybridized carbons (Fsp3) is 0.176. The largest absolute Gasteiger partial charge is 0.333 e. The molecule has 1 heterocycles. The summed E-state index contributed by atoms with van der Waals surface area (Å²) >= 11 is 5.84. The fourth-order valence-corrected chi connectivity index (χ4v) is 2.72. The second-order valence-corrected chi connectivity index (χ2v) is 5.93. The lowest BCUT2D eigenvalue weighted by molar-refractivity contribution is -0.117. The molecule has 1 saturated heterocycles. The molecule has 2 aromatic carbocycles. The summed E-state index contributed by atoms with van der Waals surface area (Å²) in [7, 11) is 0. The normalized spacial score (nSPS) is 17.0. The number of carbonyl (C=O) groups is 2. The number of rotatable bonds is 3. The average molecular weight is 348 g/mol. The minimum absolute atomic E-state index is 0.0756. The molecule has 0 unspecified atom stereocenters. The Balaban J connectivity index is 1.59. The van der Waals surface area contributed by atoms with Gasteiger partial charge < -0.3 is 15.5 Å². The Kier molecular flexibility index (Phi) is 4.66. The zero-order chi connectivity index (χ0) is 17.1. The monoisotopic (exact) mass is 347 g/mol. The first-order chi connectivity index (χ1) is 11.5. The third kappa shape index (κ3) is 3.83. The number of hydrogen-bond acceptors (Lipinski definition) is 2. The van der Waals surface area contributed by atoms with E-state index in [1.54, 1.807) is 35.2 Å². The molecule has 2 aromatic rings. The van der Waals surface area contributed by atoms with Gasteiger partial charge in [-0.3, -0.25) is 4.79 Å². The van der Waals surface area contributed by atoms with Crippen molar-refractivity contribution >= 4 is 34.9 Å². The van der Waals surface area contributed by atoms with Gasteiger partial charge in [-0.25, -0.2) is 9.18 Å². The molecule has 3 amide bonds.